The number of hydrogen-bond acceptors (Lipinski definition) is 20. The fraction of sp³-hybridized carbons (Fsp3) is 0.0882. The molecule has 0 amide bonds. The molecule has 0 saturated carbocycles. The molecule has 26 nitrogen and oxygen atoms in total. The van der Waals surface area contributed by atoms with Crippen LogP contribution in [0.25, 0.3) is 0 Å². The number of ether oxygens (including phenoxy) is 2. The Bertz CT molecular complexity index is 3190. The van der Waals surface area contributed by atoms with Gasteiger partial charge in [0.2, 0.25) is 0 Å². The third kappa shape index (κ3) is 12.3. The van der Waals surface area contributed by atoms with E-state index in [1.165, 1.54) is 31.2 Å². The van der Waals surface area contributed by atoms with E-state index in [2.05, 4.69) is 36.1 Å². The number of anilines is 5. The molecule has 5 aromatic rings. The molecule has 0 fully saturated rings. The van der Waals surface area contributed by atoms with Gasteiger partial charge in [0.1, 0.15) is 39.1 Å². The highest BCUT2D eigenvalue weighted by Gasteiger charge is 2.22. The molecule has 4 aromatic carbocycles. The molecule has 1 aromatic heterocycles. The molecule has 0 saturated heterocycles. The van der Waals surface area contributed by atoms with Gasteiger partial charge in [0, 0.05) is 29.1 Å². The van der Waals surface area contributed by atoms with Gasteiger partial charge in [-0.25, -0.2) is 14.6 Å². The first kappa shape index (κ1) is 47.9. The Morgan fingerprint density at radius 3 is 1.41 bits per heavy atom. The molecule has 0 radical (unpaired) electrons. The van der Waals surface area contributed by atoms with Crippen LogP contribution in [-0.2, 0) is 50.1 Å². The number of carboxylic acid groups (broad SMARTS) is 2. The third-order valence-corrected chi connectivity index (χ3v) is 11.6. The molecule has 0 aliphatic rings. The zero-order valence-electron chi connectivity index (χ0n) is 31.9. The zero-order valence-corrected chi connectivity index (χ0v) is 35.2. The number of rotatable bonds is 18. The van der Waals surface area contributed by atoms with Gasteiger partial charge in [-0.05, 0) is 73.7 Å². The lowest BCUT2D eigenvalue weighted by atomic mass is 10.2. The van der Waals surface area contributed by atoms with Crippen LogP contribution in [0.15, 0.2) is 119 Å². The second-order valence-corrected chi connectivity index (χ2v) is 18.2. The molecule has 0 aliphatic heterocycles. The van der Waals surface area contributed by atoms with E-state index < -0.39 is 114 Å². The number of nitrogens with two attached hydrogens (primary N) is 1. The lowest BCUT2D eigenvalue weighted by molar-refractivity contribution is -0.140. The highest BCUT2D eigenvalue weighted by Crippen LogP contribution is 2.44. The molecular formula is C34H30N8O18S4. The van der Waals surface area contributed by atoms with Crippen molar-refractivity contribution in [3.63, 3.8) is 0 Å². The van der Waals surface area contributed by atoms with E-state index in [9.17, 15) is 71.7 Å². The second kappa shape index (κ2) is 18.7. The van der Waals surface area contributed by atoms with Crippen LogP contribution in [0, 0.1) is 6.92 Å². The van der Waals surface area contributed by atoms with E-state index in [1.54, 1.807) is 0 Å². The van der Waals surface area contributed by atoms with Crippen LogP contribution in [0.2, 0.25) is 0 Å². The van der Waals surface area contributed by atoms with Crippen molar-refractivity contribution < 1.29 is 81.2 Å². The summed E-state index contributed by atoms with van der Waals surface area (Å²) in [6, 6.07) is 12.9. The molecule has 10 N–H and O–H groups in total. The van der Waals surface area contributed by atoms with Gasteiger partial charge in [-0.2, -0.15) is 33.7 Å². The highest BCUT2D eigenvalue weighted by molar-refractivity contribution is 7.86. The number of hydrogen-bond donors (Lipinski definition) is 9. The summed E-state index contributed by atoms with van der Waals surface area (Å²) in [5, 5.41) is 40.3. The van der Waals surface area contributed by atoms with E-state index in [-0.39, 0.29) is 39.9 Å². The van der Waals surface area contributed by atoms with Crippen molar-refractivity contribution in [1.82, 2.24) is 4.98 Å². The summed E-state index contributed by atoms with van der Waals surface area (Å²) in [4.78, 5) is 24.8. The van der Waals surface area contributed by atoms with Crippen molar-refractivity contribution in [2.75, 3.05) is 29.6 Å². The van der Waals surface area contributed by atoms with Crippen molar-refractivity contribution in [2.24, 2.45) is 20.5 Å². The number of pyridine rings is 1. The van der Waals surface area contributed by atoms with Crippen LogP contribution in [0.1, 0.15) is 5.56 Å². The summed E-state index contributed by atoms with van der Waals surface area (Å²) in [7, 11) is -19.2. The topological polar surface area (TPSA) is 423 Å². The second-order valence-electron chi connectivity index (χ2n) is 12.6. The number of nitrogens with zero attached hydrogens (tertiary/aromatic N) is 5. The molecule has 30 heteroatoms. The van der Waals surface area contributed by atoms with Crippen molar-refractivity contribution in [1.29, 1.82) is 0 Å². The SMILES string of the molecule is Cc1c(N)c(Nc2ccc(S(=O)(=O)O)cc2)nc(Nc2ccc(S(=O)(=O)O)cc2)c1N=Nc1cc(OCC(=O)O)c(N=Nc2cc(S(=O)(=O)O)ccc2S(=O)(=O)O)cc1OCC(=O)O. The molecule has 338 valence electrons. The van der Waals surface area contributed by atoms with E-state index in [0.717, 1.165) is 36.4 Å². The Morgan fingerprint density at radius 2 is 0.984 bits per heavy atom. The first-order chi connectivity index (χ1) is 29.7. The van der Waals surface area contributed by atoms with Crippen molar-refractivity contribution in [3.8, 4) is 11.5 Å². The first-order valence-electron chi connectivity index (χ1n) is 17.0. The standard InChI is InChI=1S/C34H30N8O18S4/c1-17-31(35)33(36-18-2-6-20(7-3-18)61(47,48)49)38-34(37-19-4-8-21(9-5-19)62(50,51)52)32(17)42-40-24-14-26(59-15-29(43)44)23(13-27(24)60-16-30(45)46)39-41-25-12-22(63(53,54)55)10-11-28(25)64(56,57)58/h2-14H,15-16,35H2,1H3,(H,43,44)(H,45,46)(H2,36,37,38)(H,47,48,49)(H,50,51,52)(H,53,54,55)(H,56,57,58). The summed E-state index contributed by atoms with van der Waals surface area (Å²) in [5.41, 5.74) is 4.97. The van der Waals surface area contributed by atoms with Crippen LogP contribution in [-0.4, -0.2) is 92.2 Å². The van der Waals surface area contributed by atoms with Crippen molar-refractivity contribution in [2.45, 2.75) is 26.5 Å². The molecule has 0 spiro atoms. The normalized spacial score (nSPS) is 12.3. The Kier molecular flexibility index (Phi) is 13.9. The number of nitrogen functional groups attached to an aromatic ring is 1. The molecule has 0 atom stereocenters. The van der Waals surface area contributed by atoms with Gasteiger partial charge in [-0.1, -0.05) is 0 Å². The van der Waals surface area contributed by atoms with Gasteiger partial charge in [0.05, 0.1) is 20.4 Å². The maximum atomic E-state index is 12.0. The smallest absolute Gasteiger partial charge is 0.341 e. The minimum Gasteiger partial charge on any atom is -0.479 e. The van der Waals surface area contributed by atoms with E-state index >= 15 is 0 Å². The number of aliphatic carboxylic acids is 2. The monoisotopic (exact) mass is 966 g/mol. The Hall–Kier alpha value is -7.19. The van der Waals surface area contributed by atoms with E-state index in [4.69, 9.17) is 15.2 Å². The van der Waals surface area contributed by atoms with Gasteiger partial charge < -0.3 is 36.1 Å². The zero-order chi connectivity index (χ0) is 47.4. The average Bonchev–Trinajstić information content (AvgIpc) is 3.19. The lowest BCUT2D eigenvalue weighted by Gasteiger charge is -2.17. The van der Waals surface area contributed by atoms with Crippen LogP contribution in [0.5, 0.6) is 11.5 Å². The maximum Gasteiger partial charge on any atom is 0.341 e. The number of azo groups is 2. The van der Waals surface area contributed by atoms with Gasteiger partial charge in [0.15, 0.2) is 24.8 Å². The van der Waals surface area contributed by atoms with Crippen molar-refractivity contribution >= 4 is 104 Å². The summed E-state index contributed by atoms with van der Waals surface area (Å²) >= 11 is 0. The number of nitrogens with one attached hydrogen (secondary N) is 2. The first-order valence-corrected chi connectivity index (χ1v) is 22.8. The average molecular weight is 967 g/mol. The number of carbonyl (C=O) groups is 2. The predicted octanol–water partition coefficient (Wildman–Crippen LogP) is 5.20. The van der Waals surface area contributed by atoms with Gasteiger partial charge in [-0.3, -0.25) is 18.2 Å². The molecule has 1 heterocycles. The third-order valence-electron chi connectivity index (χ3n) is 8.06. The molecular weight excluding hydrogens is 937 g/mol. The summed E-state index contributed by atoms with van der Waals surface area (Å²) in [6.45, 7) is -0.641. The minimum atomic E-state index is -5.10. The number of aromatic nitrogens is 1. The highest BCUT2D eigenvalue weighted by atomic mass is 32.2. The fourth-order valence-electron chi connectivity index (χ4n) is 5.08. The quantitative estimate of drug-likeness (QED) is 0.0402. The van der Waals surface area contributed by atoms with Crippen LogP contribution in [0.4, 0.5) is 51.4 Å². The largest absolute Gasteiger partial charge is 0.479 e. The molecule has 0 aliphatic carbocycles. The predicted molar refractivity (Wildman–Crippen MR) is 220 cm³/mol. The summed E-state index contributed by atoms with van der Waals surface area (Å²) in [6.07, 6.45) is 0. The minimum absolute atomic E-state index is 0.0584. The number of carboxylic acids is 2. The summed E-state index contributed by atoms with van der Waals surface area (Å²) < 4.78 is 143. The Morgan fingerprint density at radius 1 is 0.578 bits per heavy atom. The van der Waals surface area contributed by atoms with E-state index in [1.807, 2.05) is 0 Å². The Labute approximate surface area is 361 Å². The molecule has 64 heavy (non-hydrogen) atoms. The Balaban J connectivity index is 1.68. The number of benzene rings is 4. The molecule has 5 rings (SSSR count). The van der Waals surface area contributed by atoms with Gasteiger partial charge >= 0.3 is 11.9 Å². The van der Waals surface area contributed by atoms with Crippen molar-refractivity contribution in [3.05, 3.63) is 84.4 Å². The fourth-order valence-corrected chi connectivity index (χ4v) is 7.14. The molecule has 0 unspecified atom stereocenters. The lowest BCUT2D eigenvalue weighted by Crippen LogP contribution is -2.11. The van der Waals surface area contributed by atoms with Crippen LogP contribution in [0.3, 0.4) is 0 Å². The maximum absolute atomic E-state index is 12.0. The van der Waals surface area contributed by atoms with Gasteiger partial charge in [-0.15, -0.1) is 20.5 Å². The van der Waals surface area contributed by atoms with Crippen LogP contribution >= 0.6 is 0 Å². The summed E-state index contributed by atoms with van der Waals surface area (Å²) in [5.74, 6) is -4.22. The van der Waals surface area contributed by atoms with Gasteiger partial charge in [0.25, 0.3) is 40.5 Å². The van der Waals surface area contributed by atoms with Crippen LogP contribution < -0.4 is 25.8 Å². The molecule has 0 bridgehead atoms. The van der Waals surface area contributed by atoms with E-state index in [0.29, 0.717) is 18.2 Å².